The summed E-state index contributed by atoms with van der Waals surface area (Å²) in [4.78, 5) is 21.0. The highest BCUT2D eigenvalue weighted by atomic mass is 127. The summed E-state index contributed by atoms with van der Waals surface area (Å²) in [7, 11) is 0. The molecule has 1 aliphatic heterocycles. The van der Waals surface area contributed by atoms with Gasteiger partial charge in [-0.3, -0.25) is 9.69 Å². The molecule has 0 radical (unpaired) electrons. The third-order valence-corrected chi connectivity index (χ3v) is 5.09. The van der Waals surface area contributed by atoms with Gasteiger partial charge >= 0.3 is 0 Å². The van der Waals surface area contributed by atoms with E-state index >= 15 is 0 Å². The minimum absolute atomic E-state index is 0.0252. The van der Waals surface area contributed by atoms with Crippen LogP contribution in [0.25, 0.3) is 0 Å². The van der Waals surface area contributed by atoms with Gasteiger partial charge in [-0.2, -0.15) is 0 Å². The number of halogens is 2. The van der Waals surface area contributed by atoms with Crippen LogP contribution in [0.5, 0.6) is 0 Å². The zero-order valence-corrected chi connectivity index (χ0v) is 16.0. The number of carbonyl (C=O) groups is 1. The summed E-state index contributed by atoms with van der Waals surface area (Å²) in [5.41, 5.74) is 0.868. The number of pyridine rings is 1. The SMILES string of the molecule is O=C(CN1CCN(c2ccc(Cl)cn2)CC1)Nc1ccccc1I. The van der Waals surface area contributed by atoms with E-state index in [2.05, 4.69) is 42.7 Å². The molecule has 24 heavy (non-hydrogen) atoms. The zero-order valence-electron chi connectivity index (χ0n) is 13.1. The predicted molar refractivity (Wildman–Crippen MR) is 106 cm³/mol. The molecular weight excluding hydrogens is 439 g/mol. The number of hydrogen-bond donors (Lipinski definition) is 1. The van der Waals surface area contributed by atoms with E-state index in [9.17, 15) is 4.79 Å². The maximum atomic E-state index is 12.2. The van der Waals surface area contributed by atoms with Gasteiger partial charge < -0.3 is 10.2 Å². The fraction of sp³-hybridized carbons (Fsp3) is 0.294. The first-order valence-electron chi connectivity index (χ1n) is 7.75. The molecule has 1 fully saturated rings. The van der Waals surface area contributed by atoms with Crippen LogP contribution in [-0.4, -0.2) is 48.5 Å². The minimum Gasteiger partial charge on any atom is -0.354 e. The van der Waals surface area contributed by atoms with Crippen LogP contribution < -0.4 is 10.2 Å². The number of aromatic nitrogens is 1. The van der Waals surface area contributed by atoms with E-state index in [-0.39, 0.29) is 5.91 Å². The van der Waals surface area contributed by atoms with E-state index in [1.54, 1.807) is 6.20 Å². The average molecular weight is 457 g/mol. The fourth-order valence-corrected chi connectivity index (χ4v) is 3.28. The number of anilines is 2. The molecule has 0 spiro atoms. The second-order valence-electron chi connectivity index (χ2n) is 5.63. The van der Waals surface area contributed by atoms with Crippen molar-refractivity contribution in [1.82, 2.24) is 9.88 Å². The number of benzene rings is 1. The molecule has 1 amide bonds. The smallest absolute Gasteiger partial charge is 0.238 e. The lowest BCUT2D eigenvalue weighted by Gasteiger charge is -2.35. The molecule has 1 N–H and O–H groups in total. The standard InChI is InChI=1S/C17H18ClIN4O/c18-13-5-6-16(20-11-13)23-9-7-22(8-10-23)12-17(24)21-15-4-2-1-3-14(15)19/h1-6,11H,7-10,12H2,(H,21,24). The highest BCUT2D eigenvalue weighted by molar-refractivity contribution is 14.1. The van der Waals surface area contributed by atoms with Crippen molar-refractivity contribution >= 4 is 51.6 Å². The highest BCUT2D eigenvalue weighted by Gasteiger charge is 2.20. The number of para-hydroxylation sites is 1. The van der Waals surface area contributed by atoms with Crippen molar-refractivity contribution < 1.29 is 4.79 Å². The van der Waals surface area contributed by atoms with E-state index in [0.717, 1.165) is 41.3 Å². The van der Waals surface area contributed by atoms with Crippen LogP contribution in [0, 0.1) is 3.57 Å². The highest BCUT2D eigenvalue weighted by Crippen LogP contribution is 2.18. The van der Waals surface area contributed by atoms with Crippen LogP contribution in [0.2, 0.25) is 5.02 Å². The lowest BCUT2D eigenvalue weighted by molar-refractivity contribution is -0.117. The predicted octanol–water partition coefficient (Wildman–Crippen LogP) is 3.10. The first kappa shape index (κ1) is 17.4. The van der Waals surface area contributed by atoms with Gasteiger partial charge in [0.15, 0.2) is 0 Å². The number of nitrogens with zero attached hydrogens (tertiary/aromatic N) is 3. The summed E-state index contributed by atoms with van der Waals surface area (Å²) in [6.45, 7) is 3.79. The number of carbonyl (C=O) groups excluding carboxylic acids is 1. The van der Waals surface area contributed by atoms with Crippen LogP contribution in [-0.2, 0) is 4.79 Å². The largest absolute Gasteiger partial charge is 0.354 e. The molecule has 1 aromatic carbocycles. The molecule has 0 saturated carbocycles. The Morgan fingerprint density at radius 3 is 2.58 bits per heavy atom. The summed E-state index contributed by atoms with van der Waals surface area (Å²) in [6.07, 6.45) is 1.66. The second-order valence-corrected chi connectivity index (χ2v) is 7.22. The number of hydrogen-bond acceptors (Lipinski definition) is 4. The molecule has 1 aromatic heterocycles. The summed E-state index contributed by atoms with van der Waals surface area (Å²) >= 11 is 8.10. The van der Waals surface area contributed by atoms with Crippen molar-refractivity contribution in [2.24, 2.45) is 0 Å². The van der Waals surface area contributed by atoms with Gasteiger partial charge in [0.2, 0.25) is 5.91 Å². The van der Waals surface area contributed by atoms with E-state index in [1.165, 1.54) is 0 Å². The molecule has 0 unspecified atom stereocenters. The molecule has 7 heteroatoms. The maximum absolute atomic E-state index is 12.2. The van der Waals surface area contributed by atoms with Crippen molar-refractivity contribution in [3.05, 3.63) is 51.2 Å². The normalized spacial score (nSPS) is 15.3. The van der Waals surface area contributed by atoms with Crippen LogP contribution in [0.3, 0.4) is 0 Å². The van der Waals surface area contributed by atoms with Crippen LogP contribution in [0.4, 0.5) is 11.5 Å². The quantitative estimate of drug-likeness (QED) is 0.719. The second kappa shape index (κ2) is 8.13. The van der Waals surface area contributed by atoms with Crippen molar-refractivity contribution in [2.75, 3.05) is 42.9 Å². The fourth-order valence-electron chi connectivity index (χ4n) is 2.65. The molecule has 0 bridgehead atoms. The van der Waals surface area contributed by atoms with Gasteiger partial charge in [0.1, 0.15) is 5.82 Å². The summed E-state index contributed by atoms with van der Waals surface area (Å²) < 4.78 is 1.04. The van der Waals surface area contributed by atoms with Crippen molar-refractivity contribution in [3.63, 3.8) is 0 Å². The van der Waals surface area contributed by atoms with E-state index in [0.29, 0.717) is 11.6 Å². The number of rotatable bonds is 4. The average Bonchev–Trinajstić information content (AvgIpc) is 2.58. The lowest BCUT2D eigenvalue weighted by Crippen LogP contribution is -2.48. The van der Waals surface area contributed by atoms with Gasteiger partial charge in [-0.25, -0.2) is 4.98 Å². The van der Waals surface area contributed by atoms with Gasteiger partial charge in [0.25, 0.3) is 0 Å². The van der Waals surface area contributed by atoms with Crippen LogP contribution in [0.15, 0.2) is 42.6 Å². The molecule has 126 valence electrons. The van der Waals surface area contributed by atoms with Gasteiger partial charge in [0.05, 0.1) is 17.3 Å². The monoisotopic (exact) mass is 456 g/mol. The molecule has 0 aliphatic carbocycles. The first-order chi connectivity index (χ1) is 11.6. The summed E-state index contributed by atoms with van der Waals surface area (Å²) in [5.74, 6) is 0.958. The molecule has 5 nitrogen and oxygen atoms in total. The molecule has 0 atom stereocenters. The van der Waals surface area contributed by atoms with Crippen molar-refractivity contribution in [2.45, 2.75) is 0 Å². The minimum atomic E-state index is 0.0252. The molecule has 1 saturated heterocycles. The molecule has 3 rings (SSSR count). The molecule has 2 heterocycles. The molecular formula is C17H18ClIN4O. The van der Waals surface area contributed by atoms with Crippen molar-refractivity contribution in [1.29, 1.82) is 0 Å². The summed E-state index contributed by atoms with van der Waals surface area (Å²) in [6, 6.07) is 11.6. The van der Waals surface area contributed by atoms with E-state index in [4.69, 9.17) is 11.6 Å². The van der Waals surface area contributed by atoms with E-state index < -0.39 is 0 Å². The van der Waals surface area contributed by atoms with Crippen LogP contribution >= 0.6 is 34.2 Å². The Morgan fingerprint density at radius 2 is 1.92 bits per heavy atom. The Kier molecular flexibility index (Phi) is 5.91. The van der Waals surface area contributed by atoms with Gasteiger partial charge in [-0.1, -0.05) is 23.7 Å². The number of piperazine rings is 1. The maximum Gasteiger partial charge on any atom is 0.238 e. The Balaban J connectivity index is 1.49. The lowest BCUT2D eigenvalue weighted by atomic mass is 10.3. The Bertz CT molecular complexity index is 702. The third-order valence-electron chi connectivity index (χ3n) is 3.92. The molecule has 1 aliphatic rings. The Hall–Kier alpha value is -1.38. The number of nitrogens with one attached hydrogen (secondary N) is 1. The van der Waals surface area contributed by atoms with Gasteiger partial charge in [-0.15, -0.1) is 0 Å². The van der Waals surface area contributed by atoms with Gasteiger partial charge in [0, 0.05) is 35.9 Å². The Morgan fingerprint density at radius 1 is 1.17 bits per heavy atom. The van der Waals surface area contributed by atoms with Crippen molar-refractivity contribution in [3.8, 4) is 0 Å². The Labute approximate surface area is 160 Å². The zero-order chi connectivity index (χ0) is 16.9. The topological polar surface area (TPSA) is 48.5 Å². The van der Waals surface area contributed by atoms with Gasteiger partial charge in [-0.05, 0) is 46.9 Å². The molecule has 2 aromatic rings. The number of amides is 1. The van der Waals surface area contributed by atoms with Crippen LogP contribution in [0.1, 0.15) is 0 Å². The first-order valence-corrected chi connectivity index (χ1v) is 9.21. The van der Waals surface area contributed by atoms with E-state index in [1.807, 2.05) is 36.4 Å². The third kappa shape index (κ3) is 4.58. The summed E-state index contributed by atoms with van der Waals surface area (Å²) in [5, 5.41) is 3.62.